The van der Waals surface area contributed by atoms with E-state index in [0.717, 1.165) is 18.9 Å². The van der Waals surface area contributed by atoms with Gasteiger partial charge in [0.2, 0.25) is 0 Å². The number of rotatable bonds is 3. The summed E-state index contributed by atoms with van der Waals surface area (Å²) in [5.41, 5.74) is 0. The highest BCUT2D eigenvalue weighted by molar-refractivity contribution is 5.75. The van der Waals surface area contributed by atoms with Gasteiger partial charge in [0.15, 0.2) is 0 Å². The molecular formula is C12H24AlO3. The summed E-state index contributed by atoms with van der Waals surface area (Å²) in [6, 6.07) is 0. The molecule has 0 aliphatic carbocycles. The Hall–Kier alpha value is -0.458. The van der Waals surface area contributed by atoms with Gasteiger partial charge in [0.05, 0.1) is 0 Å². The summed E-state index contributed by atoms with van der Waals surface area (Å²) >= 11 is 0. The van der Waals surface area contributed by atoms with Gasteiger partial charge in [-0.05, 0) is 0 Å². The van der Waals surface area contributed by atoms with Crippen LogP contribution >= 0.6 is 0 Å². The second kappa shape index (κ2) is 20.0. The Labute approximate surface area is 110 Å². The molecule has 93 valence electrons. The zero-order valence-electron chi connectivity index (χ0n) is 11.3. The highest BCUT2D eigenvalue weighted by Crippen LogP contribution is 1.79. The molecule has 0 fully saturated rings. The number of carbonyl (C=O) groups is 3. The molecule has 4 heteroatoms. The lowest BCUT2D eigenvalue weighted by Gasteiger charge is -1.78. The average molecular weight is 243 g/mol. The van der Waals surface area contributed by atoms with E-state index < -0.39 is 0 Å². The van der Waals surface area contributed by atoms with Crippen LogP contribution in [0, 0.1) is 17.8 Å². The number of carbonyl (C=O) groups excluding carboxylic acids is 3. The van der Waals surface area contributed by atoms with E-state index in [1.807, 2.05) is 41.5 Å². The molecule has 0 N–H and O–H groups in total. The SMILES string of the molecule is CC(C)C=O.CC(C)C=O.CC(C)C=O.[Al]. The molecule has 3 radical (unpaired) electrons. The standard InChI is InChI=1S/3C4H8O.Al/c3*1-4(2)3-5;/h3*3-4H,1-2H3;. The summed E-state index contributed by atoms with van der Waals surface area (Å²) in [6.07, 6.45) is 2.75. The van der Waals surface area contributed by atoms with Gasteiger partial charge >= 0.3 is 0 Å². The Morgan fingerprint density at radius 3 is 0.625 bits per heavy atom. The maximum absolute atomic E-state index is 9.50. The van der Waals surface area contributed by atoms with E-state index in [2.05, 4.69) is 0 Å². The van der Waals surface area contributed by atoms with Gasteiger partial charge in [-0.25, -0.2) is 0 Å². The summed E-state index contributed by atoms with van der Waals surface area (Å²) in [4.78, 5) is 28.5. The summed E-state index contributed by atoms with van der Waals surface area (Å²) in [6.45, 7) is 11.1. The van der Waals surface area contributed by atoms with Crippen molar-refractivity contribution in [3.63, 3.8) is 0 Å². The number of hydrogen-bond donors (Lipinski definition) is 0. The fraction of sp³-hybridized carbons (Fsp3) is 0.750. The van der Waals surface area contributed by atoms with Gasteiger partial charge in [0.1, 0.15) is 18.9 Å². The van der Waals surface area contributed by atoms with Gasteiger partial charge in [-0.1, -0.05) is 41.5 Å². The quantitative estimate of drug-likeness (QED) is 0.563. The molecule has 0 saturated heterocycles. The monoisotopic (exact) mass is 243 g/mol. The minimum Gasteiger partial charge on any atom is -0.303 e. The Bertz CT molecular complexity index is 126. The molecule has 0 amide bonds. The van der Waals surface area contributed by atoms with Crippen LogP contribution in [-0.4, -0.2) is 36.2 Å². The van der Waals surface area contributed by atoms with Crippen LogP contribution in [-0.2, 0) is 14.4 Å². The fourth-order valence-electron chi connectivity index (χ4n) is 0. The van der Waals surface area contributed by atoms with Gasteiger partial charge in [-0.3, -0.25) is 0 Å². The summed E-state index contributed by atoms with van der Waals surface area (Å²) in [5, 5.41) is 0. The van der Waals surface area contributed by atoms with E-state index in [-0.39, 0.29) is 35.1 Å². The van der Waals surface area contributed by atoms with E-state index >= 15 is 0 Å². The third kappa shape index (κ3) is 69.4. The van der Waals surface area contributed by atoms with Crippen LogP contribution in [0.5, 0.6) is 0 Å². The Morgan fingerprint density at radius 2 is 0.625 bits per heavy atom. The van der Waals surface area contributed by atoms with Crippen LogP contribution in [0.25, 0.3) is 0 Å². The van der Waals surface area contributed by atoms with Gasteiger partial charge in [-0.2, -0.15) is 0 Å². The van der Waals surface area contributed by atoms with E-state index in [9.17, 15) is 14.4 Å². The molecule has 16 heavy (non-hydrogen) atoms. The zero-order chi connectivity index (χ0) is 12.9. The van der Waals surface area contributed by atoms with Gasteiger partial charge < -0.3 is 14.4 Å². The smallest absolute Gasteiger partial charge is 0.122 e. The van der Waals surface area contributed by atoms with Crippen molar-refractivity contribution in [3.05, 3.63) is 0 Å². The maximum atomic E-state index is 9.50. The van der Waals surface area contributed by atoms with Gasteiger partial charge in [0, 0.05) is 35.1 Å². The first-order valence-corrected chi connectivity index (χ1v) is 5.17. The normalized spacial score (nSPS) is 8.06. The molecule has 3 nitrogen and oxygen atoms in total. The molecule has 0 bridgehead atoms. The average Bonchev–Trinajstić information content (AvgIpc) is 2.19. The van der Waals surface area contributed by atoms with E-state index in [0.29, 0.717) is 0 Å². The molecule has 0 spiro atoms. The molecule has 0 aliphatic rings. The van der Waals surface area contributed by atoms with Crippen molar-refractivity contribution in [2.45, 2.75) is 41.5 Å². The van der Waals surface area contributed by atoms with Crippen LogP contribution in [0.15, 0.2) is 0 Å². The molecule has 0 aliphatic heterocycles. The van der Waals surface area contributed by atoms with E-state index in [1.165, 1.54) is 0 Å². The van der Waals surface area contributed by atoms with Crippen molar-refractivity contribution in [2.24, 2.45) is 17.8 Å². The van der Waals surface area contributed by atoms with Crippen molar-refractivity contribution >= 4 is 36.2 Å². The van der Waals surface area contributed by atoms with Gasteiger partial charge in [0.25, 0.3) is 0 Å². The Balaban J connectivity index is -0.0000000655. The largest absolute Gasteiger partial charge is 0.303 e. The van der Waals surface area contributed by atoms with Crippen LogP contribution in [0.3, 0.4) is 0 Å². The molecule has 0 aromatic carbocycles. The van der Waals surface area contributed by atoms with Crippen molar-refractivity contribution in [3.8, 4) is 0 Å². The lowest BCUT2D eigenvalue weighted by Crippen LogP contribution is -1.82. The summed E-state index contributed by atoms with van der Waals surface area (Å²) < 4.78 is 0. The van der Waals surface area contributed by atoms with Crippen LogP contribution in [0.1, 0.15) is 41.5 Å². The predicted molar refractivity (Wildman–Crippen MR) is 68.5 cm³/mol. The molecule has 0 saturated carbocycles. The topological polar surface area (TPSA) is 51.2 Å². The van der Waals surface area contributed by atoms with E-state index in [4.69, 9.17) is 0 Å². The first-order valence-electron chi connectivity index (χ1n) is 5.17. The third-order valence-electron chi connectivity index (χ3n) is 0.816. The lowest BCUT2D eigenvalue weighted by molar-refractivity contribution is -0.110. The molecule has 0 aromatic heterocycles. The van der Waals surface area contributed by atoms with Crippen molar-refractivity contribution < 1.29 is 14.4 Å². The minimum atomic E-state index is 0. The fourth-order valence-corrected chi connectivity index (χ4v) is 0. The molecule has 0 heterocycles. The van der Waals surface area contributed by atoms with Crippen molar-refractivity contribution in [1.82, 2.24) is 0 Å². The molecular weight excluding hydrogens is 219 g/mol. The van der Waals surface area contributed by atoms with Crippen LogP contribution in [0.2, 0.25) is 0 Å². The highest BCUT2D eigenvalue weighted by Gasteiger charge is 1.80. The summed E-state index contributed by atoms with van der Waals surface area (Å²) in [7, 11) is 0. The first-order chi connectivity index (χ1) is 6.81. The highest BCUT2D eigenvalue weighted by atomic mass is 27.0. The minimum absolute atomic E-state index is 0. The Kier molecular flexibility index (Phi) is 30.9. The van der Waals surface area contributed by atoms with Crippen LogP contribution in [0.4, 0.5) is 0 Å². The lowest BCUT2D eigenvalue weighted by atomic mass is 10.3. The van der Waals surface area contributed by atoms with Crippen LogP contribution < -0.4 is 0 Å². The third-order valence-corrected chi connectivity index (χ3v) is 0.816. The molecule has 0 unspecified atom stereocenters. The molecule has 0 atom stereocenters. The molecule has 0 aromatic rings. The predicted octanol–water partition coefficient (Wildman–Crippen LogP) is 2.14. The Morgan fingerprint density at radius 1 is 0.562 bits per heavy atom. The maximum Gasteiger partial charge on any atom is 0.122 e. The zero-order valence-corrected chi connectivity index (χ0v) is 12.4. The second-order valence-corrected chi connectivity index (χ2v) is 4.14. The van der Waals surface area contributed by atoms with Crippen molar-refractivity contribution in [1.29, 1.82) is 0 Å². The second-order valence-electron chi connectivity index (χ2n) is 4.14. The number of hydrogen-bond acceptors (Lipinski definition) is 3. The number of aldehydes is 3. The molecule has 0 rings (SSSR count). The van der Waals surface area contributed by atoms with Crippen molar-refractivity contribution in [2.75, 3.05) is 0 Å². The summed E-state index contributed by atoms with van der Waals surface area (Å²) in [5.74, 6) is 0.611. The first kappa shape index (κ1) is 24.7. The van der Waals surface area contributed by atoms with Gasteiger partial charge in [-0.15, -0.1) is 0 Å². The van der Waals surface area contributed by atoms with E-state index in [1.54, 1.807) is 0 Å².